The van der Waals surface area contributed by atoms with E-state index in [0.29, 0.717) is 18.0 Å². The topological polar surface area (TPSA) is 75.7 Å². The Hall–Kier alpha value is -2.80. The molecule has 2 aromatic rings. The first kappa shape index (κ1) is 24.3. The second-order valence-corrected chi connectivity index (χ2v) is 12.1. The van der Waals surface area contributed by atoms with E-state index in [1.807, 2.05) is 19.1 Å². The Morgan fingerprint density at radius 1 is 1.12 bits per heavy atom. The lowest BCUT2D eigenvalue weighted by Crippen LogP contribution is -2.51. The molecule has 34 heavy (non-hydrogen) atoms. The molecule has 0 fully saturated rings. The Kier molecular flexibility index (Phi) is 6.76. The van der Waals surface area contributed by atoms with Crippen LogP contribution in [0.25, 0.3) is 0 Å². The van der Waals surface area contributed by atoms with Gasteiger partial charge in [0, 0.05) is 6.54 Å². The molecule has 0 radical (unpaired) electrons. The fourth-order valence-electron chi connectivity index (χ4n) is 4.30. The van der Waals surface area contributed by atoms with E-state index < -0.39 is 16.1 Å². The van der Waals surface area contributed by atoms with Crippen LogP contribution in [0.3, 0.4) is 0 Å². The van der Waals surface area contributed by atoms with Crippen LogP contribution in [0, 0.1) is 6.92 Å². The fraction of sp³-hybridized carbons (Fsp3) is 0.444. The predicted molar refractivity (Wildman–Crippen MR) is 135 cm³/mol. The highest BCUT2D eigenvalue weighted by atomic mass is 32.2. The zero-order valence-corrected chi connectivity index (χ0v) is 21.2. The average Bonchev–Trinajstić information content (AvgIpc) is 2.81. The molecule has 1 heterocycles. The average molecular weight is 483 g/mol. The maximum absolute atomic E-state index is 13.7. The third kappa shape index (κ3) is 5.14. The maximum Gasteiger partial charge on any atom is 0.264 e. The summed E-state index contributed by atoms with van der Waals surface area (Å²) in [5.41, 5.74) is 3.48. The number of anilines is 1. The van der Waals surface area contributed by atoms with Crippen LogP contribution in [0.4, 0.5) is 5.69 Å². The third-order valence-electron chi connectivity index (χ3n) is 6.47. The number of sulfonamides is 1. The van der Waals surface area contributed by atoms with Crippen LogP contribution in [0.2, 0.25) is 0 Å². The number of aryl methyl sites for hydroxylation is 1. The summed E-state index contributed by atoms with van der Waals surface area (Å²) in [5, 5.41) is 2.95. The van der Waals surface area contributed by atoms with Crippen LogP contribution in [0.1, 0.15) is 57.6 Å². The molecule has 0 aromatic heterocycles. The van der Waals surface area contributed by atoms with Gasteiger partial charge in [0.05, 0.1) is 17.1 Å². The number of fused-ring (bicyclic) bond motifs is 1. The number of ether oxygens (including phenoxy) is 1. The molecular weight excluding hydrogens is 448 g/mol. The van der Waals surface area contributed by atoms with Crippen LogP contribution >= 0.6 is 0 Å². The van der Waals surface area contributed by atoms with Gasteiger partial charge in [0.25, 0.3) is 15.9 Å². The monoisotopic (exact) mass is 482 g/mol. The molecule has 1 N–H and O–H groups in total. The van der Waals surface area contributed by atoms with Gasteiger partial charge in [0.1, 0.15) is 5.75 Å². The molecule has 1 unspecified atom stereocenters. The van der Waals surface area contributed by atoms with Gasteiger partial charge < -0.3 is 10.1 Å². The Morgan fingerprint density at radius 2 is 1.85 bits per heavy atom. The summed E-state index contributed by atoms with van der Waals surface area (Å²) >= 11 is 0. The van der Waals surface area contributed by atoms with E-state index in [9.17, 15) is 13.2 Å². The number of nitrogens with zero attached hydrogens (tertiary/aromatic N) is 1. The number of nitrogens with one attached hydrogen (secondary N) is 1. The van der Waals surface area contributed by atoms with Crippen molar-refractivity contribution in [2.75, 3.05) is 17.4 Å². The largest absolute Gasteiger partial charge is 0.476 e. The minimum absolute atomic E-state index is 0.0817. The Morgan fingerprint density at radius 3 is 2.50 bits per heavy atom. The number of rotatable bonds is 5. The Balaban J connectivity index is 1.67. The lowest BCUT2D eigenvalue weighted by Gasteiger charge is -2.36. The van der Waals surface area contributed by atoms with Crippen LogP contribution in [0.5, 0.6) is 5.75 Å². The van der Waals surface area contributed by atoms with E-state index >= 15 is 0 Å². The highest BCUT2D eigenvalue weighted by molar-refractivity contribution is 7.92. The summed E-state index contributed by atoms with van der Waals surface area (Å²) in [5.74, 6) is 0.0908. The van der Waals surface area contributed by atoms with Crippen molar-refractivity contribution < 1.29 is 17.9 Å². The smallest absolute Gasteiger partial charge is 0.264 e. The summed E-state index contributed by atoms with van der Waals surface area (Å²) in [7, 11) is -3.89. The van der Waals surface area contributed by atoms with Gasteiger partial charge in [-0.3, -0.25) is 9.10 Å². The molecule has 1 aliphatic heterocycles. The van der Waals surface area contributed by atoms with Crippen LogP contribution in [-0.2, 0) is 20.2 Å². The Bertz CT molecular complexity index is 1190. The van der Waals surface area contributed by atoms with Gasteiger partial charge in [-0.1, -0.05) is 56.2 Å². The van der Waals surface area contributed by atoms with Crippen molar-refractivity contribution in [3.8, 4) is 5.75 Å². The summed E-state index contributed by atoms with van der Waals surface area (Å²) in [6.07, 6.45) is 5.59. The lowest BCUT2D eigenvalue weighted by molar-refractivity contribution is -0.127. The molecule has 4 rings (SSSR count). The minimum Gasteiger partial charge on any atom is -0.476 e. The molecule has 0 bridgehead atoms. The quantitative estimate of drug-likeness (QED) is 0.617. The molecule has 6 nitrogen and oxygen atoms in total. The zero-order chi connectivity index (χ0) is 24.5. The van der Waals surface area contributed by atoms with Crippen LogP contribution in [-0.4, -0.2) is 33.5 Å². The molecule has 0 spiro atoms. The normalized spacial score (nSPS) is 18.5. The van der Waals surface area contributed by atoms with Gasteiger partial charge in [-0.25, -0.2) is 8.42 Å². The number of hydrogen-bond donors (Lipinski definition) is 1. The van der Waals surface area contributed by atoms with Crippen molar-refractivity contribution in [2.45, 2.75) is 69.8 Å². The van der Waals surface area contributed by atoms with Crippen LogP contribution in [0.15, 0.2) is 59.0 Å². The van der Waals surface area contributed by atoms with E-state index in [0.717, 1.165) is 30.4 Å². The summed E-state index contributed by atoms with van der Waals surface area (Å²) in [6, 6.07) is 12.3. The molecule has 1 aliphatic carbocycles. The van der Waals surface area contributed by atoms with Gasteiger partial charge in [-0.2, -0.15) is 0 Å². The van der Waals surface area contributed by atoms with Crippen LogP contribution < -0.4 is 14.4 Å². The molecule has 0 saturated heterocycles. The molecule has 1 amide bonds. The van der Waals surface area contributed by atoms with Crippen molar-refractivity contribution in [3.63, 3.8) is 0 Å². The van der Waals surface area contributed by atoms with Gasteiger partial charge in [-0.05, 0) is 67.9 Å². The van der Waals surface area contributed by atoms with Crippen molar-refractivity contribution in [1.82, 2.24) is 5.32 Å². The van der Waals surface area contributed by atoms with Gasteiger partial charge in [-0.15, -0.1) is 0 Å². The first-order chi connectivity index (χ1) is 16.1. The van der Waals surface area contributed by atoms with Gasteiger partial charge >= 0.3 is 0 Å². The van der Waals surface area contributed by atoms with Gasteiger partial charge in [0.15, 0.2) is 6.10 Å². The van der Waals surface area contributed by atoms with E-state index in [1.165, 1.54) is 16.3 Å². The number of carbonyl (C=O) groups is 1. The van der Waals surface area contributed by atoms with E-state index in [1.54, 1.807) is 30.3 Å². The molecular formula is C27H34N2O4S. The molecule has 1 atom stereocenters. The second kappa shape index (κ2) is 9.45. The summed E-state index contributed by atoms with van der Waals surface area (Å²) < 4.78 is 34.8. The second-order valence-electron chi connectivity index (χ2n) is 10.2. The van der Waals surface area contributed by atoms with Crippen molar-refractivity contribution in [1.29, 1.82) is 0 Å². The first-order valence-corrected chi connectivity index (χ1v) is 13.4. The molecule has 7 heteroatoms. The highest BCUT2D eigenvalue weighted by Gasteiger charge is 2.38. The van der Waals surface area contributed by atoms with E-state index in [2.05, 4.69) is 32.2 Å². The molecule has 2 aliphatic rings. The maximum atomic E-state index is 13.7. The number of benzene rings is 2. The Labute approximate surface area is 203 Å². The van der Waals surface area contributed by atoms with E-state index in [-0.39, 0.29) is 22.8 Å². The minimum atomic E-state index is -3.89. The van der Waals surface area contributed by atoms with E-state index in [4.69, 9.17) is 4.74 Å². The predicted octanol–water partition coefficient (Wildman–Crippen LogP) is 4.87. The molecule has 2 aromatic carbocycles. The fourth-order valence-corrected chi connectivity index (χ4v) is 5.77. The zero-order valence-electron chi connectivity index (χ0n) is 20.4. The highest BCUT2D eigenvalue weighted by Crippen LogP contribution is 2.40. The number of carbonyl (C=O) groups excluding carboxylic acids is 1. The third-order valence-corrected chi connectivity index (χ3v) is 8.26. The summed E-state index contributed by atoms with van der Waals surface area (Å²) in [6.45, 7) is 8.54. The van der Waals surface area contributed by atoms with Crippen molar-refractivity contribution >= 4 is 21.6 Å². The number of allylic oxidation sites excluding steroid dienone is 1. The summed E-state index contributed by atoms with van der Waals surface area (Å²) in [4.78, 5) is 13.2. The standard InChI is InChI=1S/C27H34N2O4S/c1-19-10-13-22(14-11-19)34(31,32)29-18-25(26(30)28-17-20-8-6-5-7-9-20)33-24-15-12-21(16-23(24)29)27(2,3)4/h8,10-16,25H,5-7,9,17-18H2,1-4H3,(H,28,30). The number of hydrogen-bond acceptors (Lipinski definition) is 4. The SMILES string of the molecule is Cc1ccc(S(=O)(=O)N2CC(C(=O)NCC3=CCCCC3)Oc3ccc(C(C)(C)C)cc32)cc1. The first-order valence-electron chi connectivity index (χ1n) is 11.9. The molecule has 182 valence electrons. The number of amides is 1. The van der Waals surface area contributed by atoms with Crippen molar-refractivity contribution in [3.05, 3.63) is 65.2 Å². The molecule has 0 saturated carbocycles. The lowest BCUT2D eigenvalue weighted by atomic mass is 9.86. The van der Waals surface area contributed by atoms with Gasteiger partial charge in [0.2, 0.25) is 0 Å². The van der Waals surface area contributed by atoms with Crippen molar-refractivity contribution in [2.24, 2.45) is 0 Å².